The summed E-state index contributed by atoms with van der Waals surface area (Å²) in [5, 5.41) is 6.95. The third-order valence-corrected chi connectivity index (χ3v) is 4.62. The fourth-order valence-electron chi connectivity index (χ4n) is 2.14. The molecule has 1 aliphatic rings. The molecular weight excluding hydrogens is 258 g/mol. The number of carbonyl (C=O) groups excluding carboxylic acids is 1. The van der Waals surface area contributed by atoms with Crippen LogP contribution in [0.15, 0.2) is 24.4 Å². The van der Waals surface area contributed by atoms with Gasteiger partial charge >= 0.3 is 0 Å². The lowest BCUT2D eigenvalue weighted by atomic mass is 10.2. The number of nitrogens with zero attached hydrogens (tertiary/aromatic N) is 1. The van der Waals surface area contributed by atoms with E-state index in [4.69, 9.17) is 0 Å². The molecule has 104 valence electrons. The number of thioether (sulfide) groups is 1. The average molecular weight is 279 g/mol. The molecule has 1 atom stereocenters. The van der Waals surface area contributed by atoms with Gasteiger partial charge in [0.25, 0.3) is 0 Å². The van der Waals surface area contributed by atoms with Crippen molar-refractivity contribution in [3.05, 3.63) is 30.1 Å². The molecule has 0 saturated carbocycles. The Bertz CT molecular complexity index is 393. The summed E-state index contributed by atoms with van der Waals surface area (Å²) < 4.78 is 0. The molecule has 1 aromatic heterocycles. The van der Waals surface area contributed by atoms with Crippen LogP contribution in [0.1, 0.15) is 31.5 Å². The SMILES string of the molecule is C[C@H](NC(=O)CSC1CCNCC1)c1ccccn1. The Balaban J connectivity index is 1.71. The van der Waals surface area contributed by atoms with Gasteiger partial charge in [-0.2, -0.15) is 0 Å². The van der Waals surface area contributed by atoms with Crippen LogP contribution in [0.3, 0.4) is 0 Å². The van der Waals surface area contributed by atoms with E-state index >= 15 is 0 Å². The number of pyridine rings is 1. The van der Waals surface area contributed by atoms with E-state index in [1.165, 1.54) is 0 Å². The van der Waals surface area contributed by atoms with Crippen LogP contribution < -0.4 is 10.6 Å². The van der Waals surface area contributed by atoms with Gasteiger partial charge in [-0.1, -0.05) is 6.07 Å². The molecule has 0 unspecified atom stereocenters. The second-order valence-corrected chi connectivity index (χ2v) is 6.09. The van der Waals surface area contributed by atoms with Gasteiger partial charge in [0, 0.05) is 11.4 Å². The first kappa shape index (κ1) is 14.3. The second kappa shape index (κ2) is 7.50. The molecule has 0 aliphatic carbocycles. The van der Waals surface area contributed by atoms with E-state index in [0.717, 1.165) is 31.6 Å². The van der Waals surface area contributed by atoms with Gasteiger partial charge in [-0.05, 0) is 45.0 Å². The standard InChI is InChI=1S/C14H21N3OS/c1-11(13-4-2-3-7-16-13)17-14(18)10-19-12-5-8-15-9-6-12/h2-4,7,11-12,15H,5-6,8-10H2,1H3,(H,17,18)/t11-/m0/s1. The molecule has 5 heteroatoms. The minimum absolute atomic E-state index is 0.0256. The fraction of sp³-hybridized carbons (Fsp3) is 0.571. The highest BCUT2D eigenvalue weighted by molar-refractivity contribution is 8.00. The first-order valence-corrected chi connectivity index (χ1v) is 7.83. The first-order chi connectivity index (χ1) is 9.25. The third kappa shape index (κ3) is 4.84. The van der Waals surface area contributed by atoms with Crippen molar-refractivity contribution in [3.63, 3.8) is 0 Å². The minimum Gasteiger partial charge on any atom is -0.347 e. The zero-order chi connectivity index (χ0) is 13.5. The van der Waals surface area contributed by atoms with Crippen molar-refractivity contribution in [2.24, 2.45) is 0 Å². The molecule has 0 bridgehead atoms. The molecule has 1 saturated heterocycles. The highest BCUT2D eigenvalue weighted by Gasteiger charge is 2.16. The summed E-state index contributed by atoms with van der Waals surface area (Å²) in [6.07, 6.45) is 4.07. The van der Waals surface area contributed by atoms with Crippen LogP contribution in [0.2, 0.25) is 0 Å². The van der Waals surface area contributed by atoms with E-state index in [9.17, 15) is 4.79 Å². The summed E-state index contributed by atoms with van der Waals surface area (Å²) in [5.41, 5.74) is 0.905. The van der Waals surface area contributed by atoms with Crippen LogP contribution in [-0.2, 0) is 4.79 Å². The smallest absolute Gasteiger partial charge is 0.230 e. The summed E-state index contributed by atoms with van der Waals surface area (Å²) in [6.45, 7) is 4.11. The lowest BCUT2D eigenvalue weighted by Gasteiger charge is -2.22. The van der Waals surface area contributed by atoms with Crippen LogP contribution in [0.25, 0.3) is 0 Å². The summed E-state index contributed by atoms with van der Waals surface area (Å²) in [6, 6.07) is 5.73. The number of hydrogen-bond acceptors (Lipinski definition) is 4. The Morgan fingerprint density at radius 3 is 3.00 bits per heavy atom. The van der Waals surface area contributed by atoms with Gasteiger partial charge in [0.1, 0.15) is 0 Å². The molecule has 1 amide bonds. The highest BCUT2D eigenvalue weighted by Crippen LogP contribution is 2.20. The topological polar surface area (TPSA) is 54.0 Å². The lowest BCUT2D eigenvalue weighted by Crippen LogP contribution is -2.32. The van der Waals surface area contributed by atoms with E-state index in [1.54, 1.807) is 18.0 Å². The summed E-state index contributed by atoms with van der Waals surface area (Å²) >= 11 is 1.77. The number of nitrogens with one attached hydrogen (secondary N) is 2. The summed E-state index contributed by atoms with van der Waals surface area (Å²) in [4.78, 5) is 16.1. The molecule has 1 fully saturated rings. The monoisotopic (exact) mass is 279 g/mol. The molecule has 0 spiro atoms. The number of aromatic nitrogens is 1. The fourth-order valence-corrected chi connectivity index (χ4v) is 3.18. The van der Waals surface area contributed by atoms with Crippen molar-refractivity contribution in [1.29, 1.82) is 0 Å². The number of hydrogen-bond donors (Lipinski definition) is 2. The zero-order valence-electron chi connectivity index (χ0n) is 11.3. The largest absolute Gasteiger partial charge is 0.347 e. The Labute approximate surface area is 118 Å². The molecule has 0 aromatic carbocycles. The first-order valence-electron chi connectivity index (χ1n) is 6.78. The molecule has 2 rings (SSSR count). The molecule has 0 radical (unpaired) electrons. The van der Waals surface area contributed by atoms with E-state index in [1.807, 2.05) is 25.1 Å². The normalized spacial score (nSPS) is 17.9. The van der Waals surface area contributed by atoms with Gasteiger partial charge in [-0.3, -0.25) is 9.78 Å². The van der Waals surface area contributed by atoms with Crippen molar-refractivity contribution < 1.29 is 4.79 Å². The Morgan fingerprint density at radius 1 is 1.53 bits per heavy atom. The highest BCUT2D eigenvalue weighted by atomic mass is 32.2. The predicted molar refractivity (Wildman–Crippen MR) is 79.1 cm³/mol. The number of carbonyl (C=O) groups is 1. The Hall–Kier alpha value is -1.07. The van der Waals surface area contributed by atoms with E-state index in [0.29, 0.717) is 11.0 Å². The molecule has 2 N–H and O–H groups in total. The van der Waals surface area contributed by atoms with Crippen molar-refractivity contribution in [2.45, 2.75) is 31.1 Å². The van der Waals surface area contributed by atoms with E-state index in [2.05, 4.69) is 15.6 Å². The maximum Gasteiger partial charge on any atom is 0.230 e. The number of rotatable bonds is 5. The van der Waals surface area contributed by atoms with Crippen molar-refractivity contribution in [3.8, 4) is 0 Å². The molecule has 19 heavy (non-hydrogen) atoms. The van der Waals surface area contributed by atoms with E-state index in [-0.39, 0.29) is 11.9 Å². The lowest BCUT2D eigenvalue weighted by molar-refractivity contribution is -0.119. The zero-order valence-corrected chi connectivity index (χ0v) is 12.1. The van der Waals surface area contributed by atoms with Gasteiger partial charge in [0.2, 0.25) is 5.91 Å². The van der Waals surface area contributed by atoms with Gasteiger partial charge in [-0.15, -0.1) is 11.8 Å². The summed E-state index contributed by atoms with van der Waals surface area (Å²) in [7, 11) is 0. The van der Waals surface area contributed by atoms with Crippen LogP contribution in [0.5, 0.6) is 0 Å². The minimum atomic E-state index is -0.0256. The van der Waals surface area contributed by atoms with Gasteiger partial charge in [-0.25, -0.2) is 0 Å². The van der Waals surface area contributed by atoms with Crippen molar-refractivity contribution >= 4 is 17.7 Å². The molecular formula is C14H21N3OS. The maximum absolute atomic E-state index is 11.9. The molecule has 4 nitrogen and oxygen atoms in total. The quantitative estimate of drug-likeness (QED) is 0.862. The maximum atomic E-state index is 11.9. The average Bonchev–Trinajstić information content (AvgIpc) is 2.47. The van der Waals surface area contributed by atoms with Gasteiger partial charge in [0.15, 0.2) is 0 Å². The third-order valence-electron chi connectivity index (χ3n) is 3.25. The number of piperidine rings is 1. The Kier molecular flexibility index (Phi) is 5.66. The van der Waals surface area contributed by atoms with Crippen LogP contribution in [0.4, 0.5) is 0 Å². The van der Waals surface area contributed by atoms with Crippen molar-refractivity contribution in [2.75, 3.05) is 18.8 Å². The molecule has 1 aliphatic heterocycles. The van der Waals surface area contributed by atoms with Gasteiger partial charge in [0.05, 0.1) is 17.5 Å². The van der Waals surface area contributed by atoms with Crippen LogP contribution in [-0.4, -0.2) is 35.0 Å². The molecule has 2 heterocycles. The predicted octanol–water partition coefficient (Wildman–Crippen LogP) is 1.74. The number of amides is 1. The Morgan fingerprint density at radius 2 is 2.32 bits per heavy atom. The second-order valence-electron chi connectivity index (χ2n) is 4.80. The van der Waals surface area contributed by atoms with E-state index < -0.39 is 0 Å². The van der Waals surface area contributed by atoms with Crippen LogP contribution in [0, 0.1) is 0 Å². The van der Waals surface area contributed by atoms with Gasteiger partial charge < -0.3 is 10.6 Å². The molecule has 1 aromatic rings. The van der Waals surface area contributed by atoms with Crippen molar-refractivity contribution in [1.82, 2.24) is 15.6 Å². The van der Waals surface area contributed by atoms with Crippen LogP contribution >= 0.6 is 11.8 Å². The summed E-state index contributed by atoms with van der Waals surface area (Å²) in [5.74, 6) is 0.642.